The van der Waals surface area contributed by atoms with Gasteiger partial charge in [0.05, 0.1) is 17.2 Å². The Morgan fingerprint density at radius 1 is 1.20 bits per heavy atom. The van der Waals surface area contributed by atoms with E-state index in [1.54, 1.807) is 6.07 Å². The van der Waals surface area contributed by atoms with E-state index in [1.807, 2.05) is 19.1 Å². The Morgan fingerprint density at radius 2 is 1.85 bits per heavy atom. The minimum Gasteiger partial charge on any atom is -0.381 e. The molecule has 108 valence electrons. The largest absolute Gasteiger partial charge is 0.391 e. The molecule has 2 nitrogen and oxygen atoms in total. The van der Waals surface area contributed by atoms with Crippen molar-refractivity contribution >= 4 is 5.69 Å². The summed E-state index contributed by atoms with van der Waals surface area (Å²) in [7, 11) is 0. The van der Waals surface area contributed by atoms with Crippen molar-refractivity contribution in [3.05, 3.63) is 29.3 Å². The van der Waals surface area contributed by atoms with E-state index < -0.39 is 12.1 Å². The molecule has 0 amide bonds. The fourth-order valence-electron chi connectivity index (χ4n) is 2.72. The van der Waals surface area contributed by atoms with E-state index in [-0.39, 0.29) is 18.9 Å². The van der Waals surface area contributed by atoms with Gasteiger partial charge < -0.3 is 5.32 Å². The number of benzene rings is 1. The molecule has 0 heterocycles. The molecule has 1 aromatic rings. The van der Waals surface area contributed by atoms with Crippen molar-refractivity contribution in [2.75, 3.05) is 5.32 Å². The van der Waals surface area contributed by atoms with Crippen LogP contribution in [0, 0.1) is 24.2 Å². The third kappa shape index (κ3) is 3.24. The molecule has 0 atom stereocenters. The number of hydrogen-bond donors (Lipinski definition) is 1. The standard InChI is InChI=1S/C15H17F3N2/c1-10-3-2-4-14(13(10)9-19)20-12-7-5-11(6-8-12)15(16,17)18/h2-4,11-12,20H,5-8H2,1H3. The molecular formula is C15H17F3N2. The first-order valence-electron chi connectivity index (χ1n) is 6.74. The first kappa shape index (κ1) is 14.7. The first-order chi connectivity index (χ1) is 9.41. The first-order valence-corrected chi connectivity index (χ1v) is 6.74. The van der Waals surface area contributed by atoms with Crippen LogP contribution in [0.1, 0.15) is 36.8 Å². The van der Waals surface area contributed by atoms with Crippen molar-refractivity contribution in [1.29, 1.82) is 5.26 Å². The van der Waals surface area contributed by atoms with Gasteiger partial charge in [-0.05, 0) is 44.2 Å². The summed E-state index contributed by atoms with van der Waals surface area (Å²) in [5, 5.41) is 12.4. The van der Waals surface area contributed by atoms with Gasteiger partial charge >= 0.3 is 6.18 Å². The fraction of sp³-hybridized carbons (Fsp3) is 0.533. The van der Waals surface area contributed by atoms with Crippen molar-refractivity contribution in [2.45, 2.75) is 44.8 Å². The van der Waals surface area contributed by atoms with Gasteiger partial charge in [-0.25, -0.2) is 0 Å². The average Bonchev–Trinajstić information content (AvgIpc) is 2.38. The monoisotopic (exact) mass is 282 g/mol. The number of nitriles is 1. The summed E-state index contributed by atoms with van der Waals surface area (Å²) in [6.07, 6.45) is -2.78. The van der Waals surface area contributed by atoms with Gasteiger partial charge in [-0.3, -0.25) is 0 Å². The van der Waals surface area contributed by atoms with Crippen molar-refractivity contribution in [1.82, 2.24) is 0 Å². The van der Waals surface area contributed by atoms with E-state index in [9.17, 15) is 13.2 Å². The molecule has 1 aromatic carbocycles. The maximum Gasteiger partial charge on any atom is 0.391 e. The van der Waals surface area contributed by atoms with Gasteiger partial charge in [0, 0.05) is 6.04 Å². The van der Waals surface area contributed by atoms with Gasteiger partial charge in [0.1, 0.15) is 6.07 Å². The fourth-order valence-corrected chi connectivity index (χ4v) is 2.72. The Hall–Kier alpha value is -1.70. The van der Waals surface area contributed by atoms with Crippen LogP contribution >= 0.6 is 0 Å². The van der Waals surface area contributed by atoms with E-state index in [2.05, 4.69) is 11.4 Å². The predicted octanol–water partition coefficient (Wildman–Crippen LogP) is 4.40. The zero-order valence-corrected chi connectivity index (χ0v) is 11.3. The van der Waals surface area contributed by atoms with Crippen molar-refractivity contribution in [2.24, 2.45) is 5.92 Å². The lowest BCUT2D eigenvalue weighted by molar-refractivity contribution is -0.182. The molecule has 0 aliphatic heterocycles. The van der Waals surface area contributed by atoms with Crippen LogP contribution in [0.25, 0.3) is 0 Å². The highest BCUT2D eigenvalue weighted by Crippen LogP contribution is 2.38. The van der Waals surface area contributed by atoms with Crippen LogP contribution in [0.5, 0.6) is 0 Å². The Morgan fingerprint density at radius 3 is 2.40 bits per heavy atom. The van der Waals surface area contributed by atoms with Crippen LogP contribution in [-0.2, 0) is 0 Å². The topological polar surface area (TPSA) is 35.8 Å². The zero-order chi connectivity index (χ0) is 14.8. The highest BCUT2D eigenvalue weighted by Gasteiger charge is 2.41. The summed E-state index contributed by atoms with van der Waals surface area (Å²) < 4.78 is 37.8. The van der Waals surface area contributed by atoms with Gasteiger partial charge in [-0.2, -0.15) is 18.4 Å². The third-order valence-electron chi connectivity index (χ3n) is 3.93. The van der Waals surface area contributed by atoms with Crippen molar-refractivity contribution < 1.29 is 13.2 Å². The SMILES string of the molecule is Cc1cccc(NC2CCC(C(F)(F)F)CC2)c1C#N. The summed E-state index contributed by atoms with van der Waals surface area (Å²) in [6.45, 7) is 1.85. The van der Waals surface area contributed by atoms with Crippen LogP contribution in [0.4, 0.5) is 18.9 Å². The lowest BCUT2D eigenvalue weighted by Crippen LogP contribution is -2.33. The summed E-state index contributed by atoms with van der Waals surface area (Å²) in [4.78, 5) is 0. The molecule has 0 bridgehead atoms. The van der Waals surface area contributed by atoms with Crippen LogP contribution in [-0.4, -0.2) is 12.2 Å². The summed E-state index contributed by atoms with van der Waals surface area (Å²) in [5.41, 5.74) is 2.18. The lowest BCUT2D eigenvalue weighted by atomic mass is 9.85. The number of alkyl halides is 3. The molecule has 1 N–H and O–H groups in total. The van der Waals surface area contributed by atoms with E-state index in [0.29, 0.717) is 18.4 Å². The smallest absolute Gasteiger partial charge is 0.381 e. The van der Waals surface area contributed by atoms with Gasteiger partial charge in [-0.15, -0.1) is 0 Å². The molecular weight excluding hydrogens is 265 g/mol. The minimum atomic E-state index is -4.08. The summed E-state index contributed by atoms with van der Waals surface area (Å²) in [6, 6.07) is 7.67. The van der Waals surface area contributed by atoms with Crippen molar-refractivity contribution in [3.8, 4) is 6.07 Å². The number of halogens is 3. The van der Waals surface area contributed by atoms with Crippen molar-refractivity contribution in [3.63, 3.8) is 0 Å². The summed E-state index contributed by atoms with van der Waals surface area (Å²) in [5.74, 6) is -1.17. The Labute approximate surface area is 116 Å². The highest BCUT2D eigenvalue weighted by molar-refractivity contribution is 5.61. The molecule has 2 rings (SSSR count). The second kappa shape index (κ2) is 5.74. The lowest BCUT2D eigenvalue weighted by Gasteiger charge is -2.31. The molecule has 1 saturated carbocycles. The molecule has 0 spiro atoms. The van der Waals surface area contributed by atoms with E-state index in [1.165, 1.54) is 0 Å². The third-order valence-corrected chi connectivity index (χ3v) is 3.93. The normalized spacial score (nSPS) is 23.1. The Bertz CT molecular complexity index is 509. The molecule has 20 heavy (non-hydrogen) atoms. The van der Waals surface area contributed by atoms with Crippen LogP contribution in [0.15, 0.2) is 18.2 Å². The number of nitrogens with one attached hydrogen (secondary N) is 1. The van der Waals surface area contributed by atoms with Crippen LogP contribution < -0.4 is 5.32 Å². The minimum absolute atomic E-state index is 0.0162. The van der Waals surface area contributed by atoms with Gasteiger partial charge in [-0.1, -0.05) is 12.1 Å². The van der Waals surface area contributed by atoms with E-state index >= 15 is 0 Å². The van der Waals surface area contributed by atoms with Gasteiger partial charge in [0.25, 0.3) is 0 Å². The number of aryl methyl sites for hydroxylation is 1. The molecule has 0 radical (unpaired) electrons. The Kier molecular flexibility index (Phi) is 4.22. The maximum atomic E-state index is 12.6. The molecule has 1 fully saturated rings. The molecule has 0 unspecified atom stereocenters. The van der Waals surface area contributed by atoms with E-state index in [0.717, 1.165) is 11.3 Å². The second-order valence-corrected chi connectivity index (χ2v) is 5.34. The average molecular weight is 282 g/mol. The zero-order valence-electron chi connectivity index (χ0n) is 11.3. The quantitative estimate of drug-likeness (QED) is 0.872. The van der Waals surface area contributed by atoms with Gasteiger partial charge in [0.2, 0.25) is 0 Å². The molecule has 0 aromatic heterocycles. The Balaban J connectivity index is 2.00. The predicted molar refractivity (Wildman–Crippen MR) is 71.3 cm³/mol. The maximum absolute atomic E-state index is 12.6. The number of hydrogen-bond acceptors (Lipinski definition) is 2. The molecule has 0 saturated heterocycles. The molecule has 1 aliphatic rings. The second-order valence-electron chi connectivity index (χ2n) is 5.34. The number of nitrogens with zero attached hydrogens (tertiary/aromatic N) is 1. The van der Waals surface area contributed by atoms with Crippen LogP contribution in [0.2, 0.25) is 0 Å². The molecule has 5 heteroatoms. The molecule has 1 aliphatic carbocycles. The number of anilines is 1. The van der Waals surface area contributed by atoms with Crippen LogP contribution in [0.3, 0.4) is 0 Å². The number of rotatable bonds is 2. The highest BCUT2D eigenvalue weighted by atomic mass is 19.4. The van der Waals surface area contributed by atoms with E-state index in [4.69, 9.17) is 5.26 Å². The van der Waals surface area contributed by atoms with Gasteiger partial charge in [0.15, 0.2) is 0 Å². The summed E-state index contributed by atoms with van der Waals surface area (Å²) >= 11 is 0.